The van der Waals surface area contributed by atoms with E-state index in [1.807, 2.05) is 6.07 Å². The van der Waals surface area contributed by atoms with Gasteiger partial charge in [0, 0.05) is 38.3 Å². The average Bonchev–Trinajstić information content (AvgIpc) is 2.66. The lowest BCUT2D eigenvalue weighted by molar-refractivity contribution is 0.0743. The van der Waals surface area contributed by atoms with Crippen molar-refractivity contribution in [2.45, 2.75) is 0 Å². The van der Waals surface area contributed by atoms with Crippen molar-refractivity contribution in [1.29, 1.82) is 0 Å². The van der Waals surface area contributed by atoms with E-state index >= 15 is 0 Å². The van der Waals surface area contributed by atoms with E-state index in [0.717, 1.165) is 17.8 Å². The van der Waals surface area contributed by atoms with E-state index < -0.39 is 5.82 Å². The minimum absolute atomic E-state index is 0.0705. The van der Waals surface area contributed by atoms with Gasteiger partial charge >= 0.3 is 0 Å². The van der Waals surface area contributed by atoms with Crippen LogP contribution in [0.2, 0.25) is 5.02 Å². The molecule has 27 heavy (non-hydrogen) atoms. The fourth-order valence-electron chi connectivity index (χ4n) is 3.00. The van der Waals surface area contributed by atoms with Gasteiger partial charge in [0.05, 0.1) is 22.9 Å². The summed E-state index contributed by atoms with van der Waals surface area (Å²) in [6.07, 6.45) is 0. The molecule has 0 aromatic heterocycles. The lowest BCUT2D eigenvalue weighted by Gasteiger charge is -2.36. The smallest absolute Gasteiger partial charge is 0.257 e. The molecule has 2 aromatic carbocycles. The van der Waals surface area contributed by atoms with Gasteiger partial charge in [-0.3, -0.25) is 4.79 Å². The summed E-state index contributed by atoms with van der Waals surface area (Å²) in [4.78, 5) is 16.2. The number of phenolic OH excluding ortho intramolecular Hbond substituents is 1. The SMILES string of the molecule is O=C(c1ccc(F)cc1O)N1CCN(c2ccc(OCCO)cc2Cl)CC1. The van der Waals surface area contributed by atoms with E-state index in [9.17, 15) is 14.3 Å². The third-order valence-electron chi connectivity index (χ3n) is 4.38. The Morgan fingerprint density at radius 2 is 1.89 bits per heavy atom. The van der Waals surface area contributed by atoms with Gasteiger partial charge in [-0.05, 0) is 24.3 Å². The van der Waals surface area contributed by atoms with Crippen LogP contribution in [-0.4, -0.2) is 60.4 Å². The zero-order chi connectivity index (χ0) is 19.4. The average molecular weight is 395 g/mol. The Morgan fingerprint density at radius 3 is 2.52 bits per heavy atom. The van der Waals surface area contributed by atoms with Gasteiger partial charge in [-0.1, -0.05) is 11.6 Å². The van der Waals surface area contributed by atoms with Crippen LogP contribution in [0.5, 0.6) is 11.5 Å². The Labute approximate surface area is 161 Å². The van der Waals surface area contributed by atoms with Gasteiger partial charge in [0.2, 0.25) is 0 Å². The van der Waals surface area contributed by atoms with Crippen molar-refractivity contribution in [3.63, 3.8) is 0 Å². The third kappa shape index (κ3) is 4.43. The quantitative estimate of drug-likeness (QED) is 0.815. The summed E-state index contributed by atoms with van der Waals surface area (Å²) in [7, 11) is 0. The molecule has 0 atom stereocenters. The summed E-state index contributed by atoms with van der Waals surface area (Å²) in [5.74, 6) is -0.691. The van der Waals surface area contributed by atoms with Crippen molar-refractivity contribution in [2.75, 3.05) is 44.3 Å². The number of hydrogen-bond donors (Lipinski definition) is 2. The van der Waals surface area contributed by atoms with Crippen molar-refractivity contribution in [1.82, 2.24) is 4.90 Å². The number of halogens is 2. The molecule has 144 valence electrons. The molecule has 1 aliphatic heterocycles. The zero-order valence-electron chi connectivity index (χ0n) is 14.6. The first-order chi connectivity index (χ1) is 13.0. The molecule has 0 saturated carbocycles. The van der Waals surface area contributed by atoms with E-state index in [1.54, 1.807) is 17.0 Å². The van der Waals surface area contributed by atoms with Crippen LogP contribution in [0, 0.1) is 5.82 Å². The van der Waals surface area contributed by atoms with Gasteiger partial charge in [-0.2, -0.15) is 0 Å². The van der Waals surface area contributed by atoms with Gasteiger partial charge in [0.25, 0.3) is 5.91 Å². The summed E-state index contributed by atoms with van der Waals surface area (Å²) >= 11 is 6.34. The number of piperazine rings is 1. The van der Waals surface area contributed by atoms with E-state index in [-0.39, 0.29) is 30.4 Å². The fourth-order valence-corrected chi connectivity index (χ4v) is 3.29. The number of aromatic hydroxyl groups is 1. The number of ether oxygens (including phenoxy) is 1. The van der Waals surface area contributed by atoms with E-state index in [0.29, 0.717) is 37.0 Å². The summed E-state index contributed by atoms with van der Waals surface area (Å²) in [5, 5.41) is 19.1. The normalized spacial score (nSPS) is 14.3. The van der Waals surface area contributed by atoms with Crippen molar-refractivity contribution in [2.24, 2.45) is 0 Å². The molecule has 3 rings (SSSR count). The molecule has 1 saturated heterocycles. The van der Waals surface area contributed by atoms with Crippen LogP contribution in [0.15, 0.2) is 36.4 Å². The molecule has 0 bridgehead atoms. The van der Waals surface area contributed by atoms with E-state index in [1.165, 1.54) is 6.07 Å². The van der Waals surface area contributed by atoms with Crippen LogP contribution in [0.4, 0.5) is 10.1 Å². The van der Waals surface area contributed by atoms with Gasteiger partial charge in [-0.15, -0.1) is 0 Å². The van der Waals surface area contributed by atoms with Crippen molar-refractivity contribution < 1.29 is 24.1 Å². The molecule has 0 unspecified atom stereocenters. The second-order valence-electron chi connectivity index (χ2n) is 6.13. The molecule has 2 N–H and O–H groups in total. The first-order valence-corrected chi connectivity index (χ1v) is 8.93. The Kier molecular flexibility index (Phi) is 6.03. The number of anilines is 1. The molecule has 2 aromatic rings. The molecule has 1 heterocycles. The highest BCUT2D eigenvalue weighted by Gasteiger charge is 2.25. The van der Waals surface area contributed by atoms with Crippen LogP contribution >= 0.6 is 11.6 Å². The maximum absolute atomic E-state index is 13.1. The number of carbonyl (C=O) groups is 1. The molecule has 1 fully saturated rings. The lowest BCUT2D eigenvalue weighted by atomic mass is 10.1. The van der Waals surface area contributed by atoms with Crippen molar-refractivity contribution in [3.05, 3.63) is 52.8 Å². The summed E-state index contributed by atoms with van der Waals surface area (Å²) in [5.41, 5.74) is 0.929. The Balaban J connectivity index is 1.64. The molecule has 0 radical (unpaired) electrons. The van der Waals surface area contributed by atoms with Crippen LogP contribution in [0.25, 0.3) is 0 Å². The fraction of sp³-hybridized carbons (Fsp3) is 0.316. The standard InChI is InChI=1S/C19H20ClFN2O4/c20-16-12-14(27-10-9-24)2-4-17(16)22-5-7-23(8-6-22)19(26)15-3-1-13(21)11-18(15)25/h1-4,11-12,24-25H,5-10H2. The third-order valence-corrected chi connectivity index (χ3v) is 4.68. The Morgan fingerprint density at radius 1 is 1.15 bits per heavy atom. The Hall–Kier alpha value is -2.51. The molecule has 6 nitrogen and oxygen atoms in total. The first-order valence-electron chi connectivity index (χ1n) is 8.55. The highest BCUT2D eigenvalue weighted by molar-refractivity contribution is 6.33. The van der Waals surface area contributed by atoms with Crippen molar-refractivity contribution in [3.8, 4) is 11.5 Å². The summed E-state index contributed by atoms with van der Waals surface area (Å²) < 4.78 is 18.4. The first kappa shape index (κ1) is 19.3. The van der Waals surface area contributed by atoms with E-state index in [2.05, 4.69) is 4.90 Å². The van der Waals surface area contributed by atoms with E-state index in [4.69, 9.17) is 21.4 Å². The minimum atomic E-state index is -0.588. The zero-order valence-corrected chi connectivity index (χ0v) is 15.3. The van der Waals surface area contributed by atoms with Gasteiger partial charge < -0.3 is 24.7 Å². The number of aliphatic hydroxyl groups is 1. The molecule has 0 aliphatic carbocycles. The van der Waals surface area contributed by atoms with Crippen LogP contribution in [0.1, 0.15) is 10.4 Å². The summed E-state index contributed by atoms with van der Waals surface area (Å²) in [6.45, 7) is 2.18. The van der Waals surface area contributed by atoms with Gasteiger partial charge in [0.15, 0.2) is 0 Å². The highest BCUT2D eigenvalue weighted by atomic mass is 35.5. The molecule has 0 spiro atoms. The van der Waals surface area contributed by atoms with Crippen LogP contribution < -0.4 is 9.64 Å². The number of nitrogens with zero attached hydrogens (tertiary/aromatic N) is 2. The van der Waals surface area contributed by atoms with Gasteiger partial charge in [0.1, 0.15) is 23.9 Å². The lowest BCUT2D eigenvalue weighted by Crippen LogP contribution is -2.48. The maximum atomic E-state index is 13.1. The maximum Gasteiger partial charge on any atom is 0.257 e. The number of rotatable bonds is 5. The van der Waals surface area contributed by atoms with Gasteiger partial charge in [-0.25, -0.2) is 4.39 Å². The van der Waals surface area contributed by atoms with Crippen LogP contribution in [0.3, 0.4) is 0 Å². The molecule has 1 aliphatic rings. The molecular weight excluding hydrogens is 375 g/mol. The minimum Gasteiger partial charge on any atom is -0.507 e. The predicted octanol–water partition coefficient (Wildman–Crippen LogP) is 2.52. The topological polar surface area (TPSA) is 73.2 Å². The molecular formula is C19H20ClFN2O4. The number of phenols is 1. The number of hydrogen-bond acceptors (Lipinski definition) is 5. The monoisotopic (exact) mass is 394 g/mol. The number of benzene rings is 2. The number of carbonyl (C=O) groups excluding carboxylic acids is 1. The second-order valence-corrected chi connectivity index (χ2v) is 6.53. The number of amides is 1. The number of aliphatic hydroxyl groups excluding tert-OH is 1. The van der Waals surface area contributed by atoms with Crippen LogP contribution in [-0.2, 0) is 0 Å². The summed E-state index contributed by atoms with van der Waals surface area (Å²) in [6, 6.07) is 8.71. The molecule has 1 amide bonds. The second kappa shape index (κ2) is 8.45. The highest BCUT2D eigenvalue weighted by Crippen LogP contribution is 2.31. The van der Waals surface area contributed by atoms with Crippen molar-refractivity contribution >= 4 is 23.2 Å². The largest absolute Gasteiger partial charge is 0.507 e. The predicted molar refractivity (Wildman–Crippen MR) is 100 cm³/mol. The molecule has 8 heteroatoms. The Bertz CT molecular complexity index is 825.